The van der Waals surface area contributed by atoms with Crippen molar-refractivity contribution >= 4 is 5.69 Å². The van der Waals surface area contributed by atoms with E-state index in [0.29, 0.717) is 18.5 Å². The van der Waals surface area contributed by atoms with Gasteiger partial charge in [-0.1, -0.05) is 13.8 Å². The van der Waals surface area contributed by atoms with E-state index >= 15 is 0 Å². The summed E-state index contributed by atoms with van der Waals surface area (Å²) in [6.45, 7) is 6.18. The molecule has 0 saturated carbocycles. The van der Waals surface area contributed by atoms with Crippen LogP contribution in [0.5, 0.6) is 0 Å². The number of rotatable bonds is 5. The van der Waals surface area contributed by atoms with E-state index < -0.39 is 11.6 Å². The molecule has 0 atom stereocenters. The molecule has 0 unspecified atom stereocenters. The van der Waals surface area contributed by atoms with E-state index in [1.165, 1.54) is 12.1 Å². The number of nitrogens with zero attached hydrogens (tertiary/aromatic N) is 1. The maximum atomic E-state index is 14.2. The standard InChI is InChI=1S/C16H24F2N2/c1-3-16(4-2)6-8-20(11-16)15-13(17)9-12(5-7-19)10-14(15)18/h9-10H,3-8,11,19H2,1-2H3. The first-order valence-corrected chi connectivity index (χ1v) is 7.48. The maximum Gasteiger partial charge on any atom is 0.149 e. The van der Waals surface area contributed by atoms with Crippen molar-refractivity contribution in [1.82, 2.24) is 0 Å². The summed E-state index contributed by atoms with van der Waals surface area (Å²) in [7, 11) is 0. The van der Waals surface area contributed by atoms with Crippen molar-refractivity contribution in [3.8, 4) is 0 Å². The van der Waals surface area contributed by atoms with Crippen LogP contribution in [0.15, 0.2) is 12.1 Å². The average molecular weight is 282 g/mol. The lowest BCUT2D eigenvalue weighted by Gasteiger charge is -2.27. The first kappa shape index (κ1) is 15.2. The summed E-state index contributed by atoms with van der Waals surface area (Å²) in [5, 5.41) is 0. The van der Waals surface area contributed by atoms with E-state index in [1.54, 1.807) is 0 Å². The van der Waals surface area contributed by atoms with Crippen LogP contribution in [0.4, 0.5) is 14.5 Å². The molecule has 1 fully saturated rings. The van der Waals surface area contributed by atoms with Crippen LogP contribution in [-0.2, 0) is 6.42 Å². The Hall–Kier alpha value is -1.16. The third-order valence-electron chi connectivity index (χ3n) is 4.76. The van der Waals surface area contributed by atoms with Crippen molar-refractivity contribution in [2.75, 3.05) is 24.5 Å². The lowest BCUT2D eigenvalue weighted by molar-refractivity contribution is 0.301. The van der Waals surface area contributed by atoms with Crippen LogP contribution in [0, 0.1) is 17.0 Å². The molecule has 0 aliphatic carbocycles. The number of benzene rings is 1. The second-order valence-corrected chi connectivity index (χ2v) is 5.83. The lowest BCUT2D eigenvalue weighted by atomic mass is 9.82. The van der Waals surface area contributed by atoms with Gasteiger partial charge in [-0.25, -0.2) is 8.78 Å². The minimum Gasteiger partial charge on any atom is -0.366 e. The summed E-state index contributed by atoms with van der Waals surface area (Å²) in [6, 6.07) is 2.84. The summed E-state index contributed by atoms with van der Waals surface area (Å²) in [6.07, 6.45) is 3.61. The van der Waals surface area contributed by atoms with E-state index in [2.05, 4.69) is 13.8 Å². The van der Waals surface area contributed by atoms with Gasteiger partial charge in [-0.05, 0) is 55.3 Å². The van der Waals surface area contributed by atoms with Gasteiger partial charge in [0.2, 0.25) is 0 Å². The third-order valence-corrected chi connectivity index (χ3v) is 4.76. The summed E-state index contributed by atoms with van der Waals surface area (Å²) < 4.78 is 28.4. The highest BCUT2D eigenvalue weighted by molar-refractivity contribution is 5.52. The first-order valence-electron chi connectivity index (χ1n) is 7.48. The molecule has 0 amide bonds. The fraction of sp³-hybridized carbons (Fsp3) is 0.625. The molecule has 2 rings (SSSR count). The number of anilines is 1. The zero-order chi connectivity index (χ0) is 14.8. The molecular formula is C16H24F2N2. The Morgan fingerprint density at radius 1 is 1.20 bits per heavy atom. The molecule has 1 saturated heterocycles. The average Bonchev–Trinajstić information content (AvgIpc) is 2.83. The molecule has 0 bridgehead atoms. The fourth-order valence-corrected chi connectivity index (χ4v) is 3.18. The van der Waals surface area contributed by atoms with Gasteiger partial charge in [0, 0.05) is 13.1 Å². The van der Waals surface area contributed by atoms with Gasteiger partial charge in [0.05, 0.1) is 0 Å². The molecule has 1 aromatic rings. The van der Waals surface area contributed by atoms with Crippen molar-refractivity contribution in [2.45, 2.75) is 39.5 Å². The molecular weight excluding hydrogens is 258 g/mol. The van der Waals surface area contributed by atoms with Gasteiger partial charge in [0.25, 0.3) is 0 Å². The SMILES string of the molecule is CCC1(CC)CCN(c2c(F)cc(CCN)cc2F)C1. The quantitative estimate of drug-likeness (QED) is 0.896. The Morgan fingerprint density at radius 2 is 1.80 bits per heavy atom. The molecule has 2 nitrogen and oxygen atoms in total. The monoisotopic (exact) mass is 282 g/mol. The molecule has 20 heavy (non-hydrogen) atoms. The highest BCUT2D eigenvalue weighted by Gasteiger charge is 2.36. The Bertz CT molecular complexity index is 447. The molecule has 1 aromatic carbocycles. The van der Waals surface area contributed by atoms with Crippen molar-refractivity contribution in [2.24, 2.45) is 11.1 Å². The highest BCUT2D eigenvalue weighted by atomic mass is 19.1. The van der Waals surface area contributed by atoms with Gasteiger partial charge in [-0.15, -0.1) is 0 Å². The Labute approximate surface area is 120 Å². The van der Waals surface area contributed by atoms with E-state index in [1.807, 2.05) is 4.90 Å². The smallest absolute Gasteiger partial charge is 0.149 e. The molecule has 1 aliphatic heterocycles. The van der Waals surface area contributed by atoms with E-state index in [0.717, 1.165) is 32.4 Å². The van der Waals surface area contributed by atoms with Crippen molar-refractivity contribution < 1.29 is 8.78 Å². The summed E-state index contributed by atoms with van der Waals surface area (Å²) in [4.78, 5) is 1.86. The number of hydrogen-bond donors (Lipinski definition) is 1. The molecule has 1 aliphatic rings. The van der Waals surface area contributed by atoms with Crippen LogP contribution < -0.4 is 10.6 Å². The minimum atomic E-state index is -0.462. The van der Waals surface area contributed by atoms with Gasteiger partial charge < -0.3 is 10.6 Å². The minimum absolute atomic E-state index is 0.134. The Kier molecular flexibility index (Phi) is 4.63. The lowest BCUT2D eigenvalue weighted by Crippen LogP contribution is -2.27. The van der Waals surface area contributed by atoms with Crippen LogP contribution in [0.3, 0.4) is 0 Å². The topological polar surface area (TPSA) is 29.3 Å². The first-order chi connectivity index (χ1) is 9.55. The summed E-state index contributed by atoms with van der Waals surface area (Å²) >= 11 is 0. The van der Waals surface area contributed by atoms with E-state index in [9.17, 15) is 8.78 Å². The Balaban J connectivity index is 2.26. The van der Waals surface area contributed by atoms with Gasteiger partial charge in [0.15, 0.2) is 0 Å². The number of nitrogens with two attached hydrogens (primary N) is 1. The van der Waals surface area contributed by atoms with Gasteiger partial charge in [-0.2, -0.15) is 0 Å². The molecule has 0 spiro atoms. The Morgan fingerprint density at radius 3 is 2.25 bits per heavy atom. The molecule has 1 heterocycles. The van der Waals surface area contributed by atoms with E-state index in [-0.39, 0.29) is 11.1 Å². The second kappa shape index (κ2) is 6.08. The van der Waals surface area contributed by atoms with Crippen molar-refractivity contribution in [1.29, 1.82) is 0 Å². The van der Waals surface area contributed by atoms with Crippen LogP contribution in [0.1, 0.15) is 38.7 Å². The zero-order valence-electron chi connectivity index (χ0n) is 12.4. The molecule has 0 radical (unpaired) electrons. The highest BCUT2D eigenvalue weighted by Crippen LogP contribution is 2.40. The van der Waals surface area contributed by atoms with Crippen LogP contribution in [0.25, 0.3) is 0 Å². The van der Waals surface area contributed by atoms with Gasteiger partial charge in [0.1, 0.15) is 17.3 Å². The predicted octanol–water partition coefficient (Wildman–Crippen LogP) is 3.48. The number of hydrogen-bond acceptors (Lipinski definition) is 2. The fourth-order valence-electron chi connectivity index (χ4n) is 3.18. The molecule has 2 N–H and O–H groups in total. The maximum absolute atomic E-state index is 14.2. The van der Waals surface area contributed by atoms with Gasteiger partial charge >= 0.3 is 0 Å². The zero-order valence-corrected chi connectivity index (χ0v) is 12.4. The largest absolute Gasteiger partial charge is 0.366 e. The summed E-state index contributed by atoms with van der Waals surface area (Å²) in [5.41, 5.74) is 6.40. The predicted molar refractivity (Wildman–Crippen MR) is 79.0 cm³/mol. The molecule has 4 heteroatoms. The normalized spacial score (nSPS) is 17.8. The third kappa shape index (κ3) is 2.80. The van der Waals surface area contributed by atoms with E-state index in [4.69, 9.17) is 5.73 Å². The molecule has 0 aromatic heterocycles. The van der Waals surface area contributed by atoms with Crippen LogP contribution in [0.2, 0.25) is 0 Å². The van der Waals surface area contributed by atoms with Gasteiger partial charge in [-0.3, -0.25) is 0 Å². The van der Waals surface area contributed by atoms with Crippen molar-refractivity contribution in [3.63, 3.8) is 0 Å². The summed E-state index contributed by atoms with van der Waals surface area (Å²) in [5.74, 6) is -0.923. The van der Waals surface area contributed by atoms with Crippen LogP contribution >= 0.6 is 0 Å². The van der Waals surface area contributed by atoms with Crippen LogP contribution in [-0.4, -0.2) is 19.6 Å². The molecule has 112 valence electrons. The second-order valence-electron chi connectivity index (χ2n) is 5.83. The number of halogens is 2. The van der Waals surface area contributed by atoms with Crippen molar-refractivity contribution in [3.05, 3.63) is 29.3 Å².